The van der Waals surface area contributed by atoms with Gasteiger partial charge in [-0.15, -0.1) is 10.2 Å². The Morgan fingerprint density at radius 2 is 2.04 bits per heavy atom. The number of thioether (sulfide) groups is 1. The summed E-state index contributed by atoms with van der Waals surface area (Å²) in [5.41, 5.74) is 1.23. The summed E-state index contributed by atoms with van der Waals surface area (Å²) in [6.45, 7) is 2.67. The van der Waals surface area contributed by atoms with Gasteiger partial charge in [-0.1, -0.05) is 29.4 Å². The van der Waals surface area contributed by atoms with Crippen molar-refractivity contribution < 1.29 is 4.79 Å². The summed E-state index contributed by atoms with van der Waals surface area (Å²) in [5.74, 6) is 0.678. The van der Waals surface area contributed by atoms with Crippen LogP contribution in [0.15, 0.2) is 47.9 Å². The number of amides is 1. The summed E-state index contributed by atoms with van der Waals surface area (Å²) < 4.78 is 1.93. The minimum Gasteiger partial charge on any atom is -0.323 e. The number of carbonyl (C=O) groups excluding carboxylic acids is 1. The first kappa shape index (κ1) is 17.4. The number of anilines is 1. The molecule has 3 heterocycles. The monoisotopic (exact) mass is 374 g/mol. The highest BCUT2D eigenvalue weighted by molar-refractivity contribution is 7.99. The summed E-state index contributed by atoms with van der Waals surface area (Å²) >= 11 is 7.24. The van der Waals surface area contributed by atoms with Gasteiger partial charge in [0.15, 0.2) is 16.1 Å². The summed E-state index contributed by atoms with van der Waals surface area (Å²) in [7, 11) is 0. The minimum atomic E-state index is -0.190. The van der Waals surface area contributed by atoms with E-state index < -0.39 is 0 Å². The lowest BCUT2D eigenvalue weighted by Gasteiger charge is -2.08. The Labute approximate surface area is 153 Å². The largest absolute Gasteiger partial charge is 0.323 e. The van der Waals surface area contributed by atoms with E-state index in [9.17, 15) is 4.79 Å². The number of hydrogen-bond donors (Lipinski definition) is 1. The van der Waals surface area contributed by atoms with Crippen LogP contribution in [0.3, 0.4) is 0 Å². The van der Waals surface area contributed by atoms with E-state index in [-0.39, 0.29) is 16.8 Å². The van der Waals surface area contributed by atoms with Crippen molar-refractivity contribution in [3.05, 3.63) is 47.9 Å². The highest BCUT2D eigenvalue weighted by Gasteiger charge is 2.15. The zero-order chi connectivity index (χ0) is 17.6. The van der Waals surface area contributed by atoms with Gasteiger partial charge in [0, 0.05) is 18.9 Å². The van der Waals surface area contributed by atoms with Gasteiger partial charge in [0.2, 0.25) is 5.91 Å². The predicted octanol–water partition coefficient (Wildman–Crippen LogP) is 3.14. The van der Waals surface area contributed by atoms with Crippen molar-refractivity contribution in [2.24, 2.45) is 0 Å². The van der Waals surface area contributed by atoms with Crippen molar-refractivity contribution in [3.8, 4) is 11.5 Å². The molecule has 0 saturated heterocycles. The molecule has 1 N–H and O–H groups in total. The maximum atomic E-state index is 12.1. The van der Waals surface area contributed by atoms with Crippen LogP contribution in [0, 0.1) is 0 Å². The molecule has 7 nitrogen and oxygen atoms in total. The van der Waals surface area contributed by atoms with Gasteiger partial charge in [-0.25, -0.2) is 4.98 Å². The molecule has 0 aliphatic rings. The van der Waals surface area contributed by atoms with Gasteiger partial charge < -0.3 is 9.88 Å². The van der Waals surface area contributed by atoms with Crippen molar-refractivity contribution >= 4 is 35.0 Å². The Balaban J connectivity index is 1.68. The van der Waals surface area contributed by atoms with Gasteiger partial charge in [-0.05, 0) is 31.2 Å². The van der Waals surface area contributed by atoms with E-state index in [1.807, 2.05) is 29.7 Å². The topological polar surface area (TPSA) is 85.6 Å². The van der Waals surface area contributed by atoms with E-state index in [1.165, 1.54) is 11.8 Å². The van der Waals surface area contributed by atoms with E-state index in [1.54, 1.807) is 24.5 Å². The minimum absolute atomic E-state index is 0.186. The first-order chi connectivity index (χ1) is 12.2. The van der Waals surface area contributed by atoms with Crippen LogP contribution in [0.25, 0.3) is 11.5 Å². The van der Waals surface area contributed by atoms with Crippen molar-refractivity contribution in [3.63, 3.8) is 0 Å². The van der Waals surface area contributed by atoms with Crippen LogP contribution < -0.4 is 5.32 Å². The molecule has 0 aromatic carbocycles. The number of hydrogen-bond acceptors (Lipinski definition) is 6. The average molecular weight is 375 g/mol. The molecule has 3 rings (SSSR count). The van der Waals surface area contributed by atoms with Crippen LogP contribution in [-0.4, -0.2) is 36.4 Å². The van der Waals surface area contributed by atoms with E-state index in [0.717, 1.165) is 5.69 Å². The molecular formula is C16H15ClN6OS. The summed E-state index contributed by atoms with van der Waals surface area (Å²) in [6, 6.07) is 9.03. The molecular weight excluding hydrogens is 360 g/mol. The first-order valence-electron chi connectivity index (χ1n) is 7.56. The molecule has 0 unspecified atom stereocenters. The molecule has 0 aliphatic carbocycles. The van der Waals surface area contributed by atoms with Crippen LogP contribution >= 0.6 is 23.4 Å². The lowest BCUT2D eigenvalue weighted by Crippen LogP contribution is -2.15. The maximum absolute atomic E-state index is 12.1. The molecule has 0 spiro atoms. The van der Waals surface area contributed by atoms with Crippen LogP contribution in [0.1, 0.15) is 6.92 Å². The number of nitrogens with one attached hydrogen (secondary N) is 1. The fourth-order valence-electron chi connectivity index (χ4n) is 2.16. The second-order valence-corrected chi connectivity index (χ2v) is 6.24. The molecule has 0 atom stereocenters. The van der Waals surface area contributed by atoms with Crippen molar-refractivity contribution in [2.75, 3.05) is 11.1 Å². The molecule has 0 fully saturated rings. The third-order valence-corrected chi connectivity index (χ3v) is 4.56. The Bertz CT molecular complexity index is 870. The van der Waals surface area contributed by atoms with Gasteiger partial charge >= 0.3 is 0 Å². The average Bonchev–Trinajstić information content (AvgIpc) is 3.05. The van der Waals surface area contributed by atoms with Crippen molar-refractivity contribution in [1.82, 2.24) is 24.7 Å². The van der Waals surface area contributed by atoms with Crippen molar-refractivity contribution in [1.29, 1.82) is 0 Å². The highest BCUT2D eigenvalue weighted by Crippen LogP contribution is 2.23. The second-order valence-electron chi connectivity index (χ2n) is 4.94. The fourth-order valence-corrected chi connectivity index (χ4v) is 3.13. The predicted molar refractivity (Wildman–Crippen MR) is 97.5 cm³/mol. The zero-order valence-electron chi connectivity index (χ0n) is 13.4. The number of aromatic nitrogens is 5. The second kappa shape index (κ2) is 8.09. The zero-order valence-corrected chi connectivity index (χ0v) is 15.0. The lowest BCUT2D eigenvalue weighted by molar-refractivity contribution is -0.113. The molecule has 25 heavy (non-hydrogen) atoms. The Hall–Kier alpha value is -2.45. The molecule has 0 bridgehead atoms. The first-order valence-corrected chi connectivity index (χ1v) is 8.93. The van der Waals surface area contributed by atoms with Gasteiger partial charge in [0.25, 0.3) is 0 Å². The van der Waals surface area contributed by atoms with Crippen molar-refractivity contribution in [2.45, 2.75) is 18.6 Å². The van der Waals surface area contributed by atoms with Gasteiger partial charge in [-0.2, -0.15) is 0 Å². The number of carbonyl (C=O) groups is 1. The molecule has 3 aromatic heterocycles. The third kappa shape index (κ3) is 4.15. The standard InChI is InChI=1S/C16H15ClN6OS/c1-2-23-15(12-6-3-4-8-18-12)21-22-16(23)25-10-13(24)20-11-7-5-9-19-14(11)17/h3-9H,2,10H2,1H3,(H,20,24). The molecule has 0 saturated carbocycles. The summed E-state index contributed by atoms with van der Waals surface area (Å²) in [5, 5.41) is 12.0. The summed E-state index contributed by atoms with van der Waals surface area (Å²) in [6.07, 6.45) is 3.28. The number of halogens is 1. The normalized spacial score (nSPS) is 10.6. The number of pyridine rings is 2. The molecule has 9 heteroatoms. The van der Waals surface area contributed by atoms with Gasteiger partial charge in [0.05, 0.1) is 11.4 Å². The smallest absolute Gasteiger partial charge is 0.234 e. The molecule has 0 radical (unpaired) electrons. The van der Waals surface area contributed by atoms with Crippen LogP contribution in [0.4, 0.5) is 5.69 Å². The van der Waals surface area contributed by atoms with E-state index in [4.69, 9.17) is 11.6 Å². The van der Waals surface area contributed by atoms with E-state index in [2.05, 4.69) is 25.5 Å². The number of rotatable bonds is 6. The molecule has 0 aliphatic heterocycles. The summed E-state index contributed by atoms with van der Waals surface area (Å²) in [4.78, 5) is 20.3. The molecule has 128 valence electrons. The maximum Gasteiger partial charge on any atom is 0.234 e. The fraction of sp³-hybridized carbons (Fsp3) is 0.188. The molecule has 1 amide bonds. The van der Waals surface area contributed by atoms with Crippen LogP contribution in [-0.2, 0) is 11.3 Å². The quantitative estimate of drug-likeness (QED) is 0.527. The SMILES string of the molecule is CCn1c(SCC(=O)Nc2cccnc2Cl)nnc1-c1ccccn1. The Kier molecular flexibility index (Phi) is 5.62. The van der Waals surface area contributed by atoms with E-state index in [0.29, 0.717) is 23.2 Å². The van der Waals surface area contributed by atoms with Gasteiger partial charge in [-0.3, -0.25) is 9.78 Å². The van der Waals surface area contributed by atoms with E-state index >= 15 is 0 Å². The van der Waals surface area contributed by atoms with Gasteiger partial charge in [0.1, 0.15) is 5.69 Å². The van der Waals surface area contributed by atoms with Crippen LogP contribution in [0.2, 0.25) is 5.15 Å². The Morgan fingerprint density at radius 1 is 1.20 bits per heavy atom. The Morgan fingerprint density at radius 3 is 2.76 bits per heavy atom. The highest BCUT2D eigenvalue weighted by atomic mass is 35.5. The van der Waals surface area contributed by atoms with Crippen LogP contribution in [0.5, 0.6) is 0 Å². The number of nitrogens with zero attached hydrogens (tertiary/aromatic N) is 5. The third-order valence-electron chi connectivity index (χ3n) is 3.29. The molecule has 3 aromatic rings. The lowest BCUT2D eigenvalue weighted by atomic mass is 10.3.